The minimum atomic E-state index is -0.854. The van der Waals surface area contributed by atoms with E-state index in [2.05, 4.69) is 10.6 Å². The molecule has 5 nitrogen and oxygen atoms in total. The topological polar surface area (TPSA) is 78.4 Å². The zero-order valence-electron chi connectivity index (χ0n) is 10.5. The quantitative estimate of drug-likeness (QED) is 0.639. The number of urea groups is 1. The summed E-state index contributed by atoms with van der Waals surface area (Å²) in [6, 6.07) is -0.315. The van der Waals surface area contributed by atoms with Crippen molar-refractivity contribution in [2.75, 3.05) is 19.0 Å². The largest absolute Gasteiger partial charge is 0.481 e. The van der Waals surface area contributed by atoms with E-state index in [1.807, 2.05) is 20.8 Å². The second-order valence-electron chi connectivity index (χ2n) is 4.99. The molecule has 0 saturated heterocycles. The van der Waals surface area contributed by atoms with Crippen molar-refractivity contribution < 1.29 is 14.7 Å². The van der Waals surface area contributed by atoms with Crippen LogP contribution in [-0.2, 0) is 4.79 Å². The molecular formula is C11H21ClN2O3. The summed E-state index contributed by atoms with van der Waals surface area (Å²) in [5.74, 6) is -0.611. The maximum absolute atomic E-state index is 11.3. The fourth-order valence-corrected chi connectivity index (χ4v) is 1.43. The fraction of sp³-hybridized carbons (Fsp3) is 0.818. The second-order valence-corrected chi connectivity index (χ2v) is 5.36. The van der Waals surface area contributed by atoms with E-state index >= 15 is 0 Å². The Morgan fingerprint density at radius 2 is 1.88 bits per heavy atom. The van der Waals surface area contributed by atoms with E-state index in [0.717, 1.165) is 0 Å². The Morgan fingerprint density at radius 3 is 2.29 bits per heavy atom. The fourth-order valence-electron chi connectivity index (χ4n) is 1.33. The van der Waals surface area contributed by atoms with Gasteiger partial charge < -0.3 is 15.7 Å². The van der Waals surface area contributed by atoms with Gasteiger partial charge in [-0.1, -0.05) is 20.8 Å². The number of amides is 2. The van der Waals surface area contributed by atoms with Crippen LogP contribution in [0.5, 0.6) is 0 Å². The lowest BCUT2D eigenvalue weighted by molar-refractivity contribution is -0.139. The van der Waals surface area contributed by atoms with E-state index in [1.54, 1.807) is 0 Å². The first-order valence-electron chi connectivity index (χ1n) is 5.56. The highest BCUT2D eigenvalue weighted by atomic mass is 35.5. The SMILES string of the molecule is CC(C)(C)C(CNC(=O)NCCCl)CC(=O)O. The Balaban J connectivity index is 4.17. The standard InChI is InChI=1S/C11H21ClN2O3/c1-11(2,3)8(6-9(15)16)7-14-10(17)13-5-4-12/h8H,4-7H2,1-3H3,(H,15,16)(H2,13,14,17). The number of nitrogens with one attached hydrogen (secondary N) is 2. The minimum absolute atomic E-state index is 0.0410. The van der Waals surface area contributed by atoms with Crippen LogP contribution in [-0.4, -0.2) is 36.1 Å². The molecule has 0 spiro atoms. The Kier molecular flexibility index (Phi) is 6.95. The number of carboxylic acids is 1. The molecule has 0 saturated carbocycles. The molecule has 1 atom stereocenters. The van der Waals surface area contributed by atoms with Crippen LogP contribution in [0.3, 0.4) is 0 Å². The van der Waals surface area contributed by atoms with Crippen molar-refractivity contribution in [1.29, 1.82) is 0 Å². The highest BCUT2D eigenvalue weighted by Crippen LogP contribution is 2.28. The maximum atomic E-state index is 11.3. The van der Waals surface area contributed by atoms with E-state index in [0.29, 0.717) is 19.0 Å². The number of halogens is 1. The zero-order valence-corrected chi connectivity index (χ0v) is 11.3. The van der Waals surface area contributed by atoms with Crippen molar-refractivity contribution in [1.82, 2.24) is 10.6 Å². The third kappa shape index (κ3) is 7.85. The summed E-state index contributed by atoms with van der Waals surface area (Å²) in [7, 11) is 0. The van der Waals surface area contributed by atoms with Crippen LogP contribution in [0.4, 0.5) is 4.79 Å². The van der Waals surface area contributed by atoms with Crippen molar-refractivity contribution in [3.05, 3.63) is 0 Å². The van der Waals surface area contributed by atoms with Crippen LogP contribution in [0.2, 0.25) is 0 Å². The number of carbonyl (C=O) groups is 2. The van der Waals surface area contributed by atoms with Crippen molar-refractivity contribution >= 4 is 23.6 Å². The normalized spacial score (nSPS) is 12.9. The number of aliphatic carboxylic acids is 1. The Morgan fingerprint density at radius 1 is 1.29 bits per heavy atom. The number of carbonyl (C=O) groups excluding carboxylic acids is 1. The van der Waals surface area contributed by atoms with Gasteiger partial charge >= 0.3 is 12.0 Å². The molecule has 0 aromatic heterocycles. The first kappa shape index (κ1) is 16.0. The number of alkyl halides is 1. The van der Waals surface area contributed by atoms with Gasteiger partial charge in [-0.05, 0) is 11.3 Å². The van der Waals surface area contributed by atoms with Crippen molar-refractivity contribution in [3.8, 4) is 0 Å². The van der Waals surface area contributed by atoms with Gasteiger partial charge in [0.05, 0.1) is 6.42 Å². The molecule has 0 radical (unpaired) electrons. The lowest BCUT2D eigenvalue weighted by atomic mass is 9.79. The van der Waals surface area contributed by atoms with Gasteiger partial charge in [0, 0.05) is 19.0 Å². The highest BCUT2D eigenvalue weighted by Gasteiger charge is 2.27. The summed E-state index contributed by atoms with van der Waals surface area (Å²) < 4.78 is 0. The summed E-state index contributed by atoms with van der Waals surface area (Å²) >= 11 is 5.43. The number of hydrogen-bond donors (Lipinski definition) is 3. The first-order chi connectivity index (χ1) is 7.77. The molecule has 0 aromatic rings. The van der Waals surface area contributed by atoms with Crippen molar-refractivity contribution in [3.63, 3.8) is 0 Å². The van der Waals surface area contributed by atoms with Gasteiger partial charge in [-0.3, -0.25) is 4.79 Å². The molecule has 0 heterocycles. The summed E-state index contributed by atoms with van der Waals surface area (Å²) in [5, 5.41) is 14.0. The van der Waals surface area contributed by atoms with Crippen molar-refractivity contribution in [2.24, 2.45) is 11.3 Å². The lowest BCUT2D eigenvalue weighted by Crippen LogP contribution is -2.42. The van der Waals surface area contributed by atoms with Crippen LogP contribution in [0.1, 0.15) is 27.2 Å². The number of hydrogen-bond acceptors (Lipinski definition) is 2. The van der Waals surface area contributed by atoms with Crippen LogP contribution < -0.4 is 10.6 Å². The molecule has 0 aliphatic carbocycles. The zero-order chi connectivity index (χ0) is 13.5. The van der Waals surface area contributed by atoms with E-state index in [-0.39, 0.29) is 23.8 Å². The summed E-state index contributed by atoms with van der Waals surface area (Å²) in [6.45, 7) is 6.60. The number of carboxylic acid groups (broad SMARTS) is 1. The summed E-state index contributed by atoms with van der Waals surface area (Å²) in [5.41, 5.74) is -0.168. The average Bonchev–Trinajstić information content (AvgIpc) is 2.19. The Bertz CT molecular complexity index is 264. The molecule has 6 heteroatoms. The third-order valence-corrected chi connectivity index (χ3v) is 2.72. The van der Waals surface area contributed by atoms with Crippen LogP contribution >= 0.6 is 11.6 Å². The van der Waals surface area contributed by atoms with Gasteiger partial charge in [0.2, 0.25) is 0 Å². The Labute approximate surface area is 107 Å². The van der Waals surface area contributed by atoms with Gasteiger partial charge in [0.25, 0.3) is 0 Å². The van der Waals surface area contributed by atoms with Gasteiger partial charge in [-0.2, -0.15) is 0 Å². The molecule has 0 rings (SSSR count). The van der Waals surface area contributed by atoms with Gasteiger partial charge in [0.1, 0.15) is 0 Å². The van der Waals surface area contributed by atoms with Crippen molar-refractivity contribution in [2.45, 2.75) is 27.2 Å². The molecular weight excluding hydrogens is 244 g/mol. The number of rotatable bonds is 6. The predicted octanol–water partition coefficient (Wildman–Crippen LogP) is 1.66. The molecule has 2 amide bonds. The van der Waals surface area contributed by atoms with Crippen LogP contribution in [0.25, 0.3) is 0 Å². The molecule has 0 aliphatic heterocycles. The van der Waals surface area contributed by atoms with Crippen LogP contribution in [0, 0.1) is 11.3 Å². The molecule has 1 unspecified atom stereocenters. The smallest absolute Gasteiger partial charge is 0.314 e. The molecule has 0 bridgehead atoms. The minimum Gasteiger partial charge on any atom is -0.481 e. The average molecular weight is 265 g/mol. The van der Waals surface area contributed by atoms with E-state index in [4.69, 9.17) is 16.7 Å². The molecule has 100 valence electrons. The highest BCUT2D eigenvalue weighted by molar-refractivity contribution is 6.18. The maximum Gasteiger partial charge on any atom is 0.314 e. The van der Waals surface area contributed by atoms with E-state index in [9.17, 15) is 9.59 Å². The first-order valence-corrected chi connectivity index (χ1v) is 6.10. The monoisotopic (exact) mass is 264 g/mol. The van der Waals surface area contributed by atoms with Gasteiger partial charge in [-0.25, -0.2) is 4.79 Å². The van der Waals surface area contributed by atoms with E-state index < -0.39 is 5.97 Å². The molecule has 3 N–H and O–H groups in total. The summed E-state index contributed by atoms with van der Waals surface area (Å²) in [4.78, 5) is 22.0. The molecule has 17 heavy (non-hydrogen) atoms. The third-order valence-electron chi connectivity index (χ3n) is 2.53. The molecule has 0 fully saturated rings. The molecule has 0 aromatic carbocycles. The Hall–Kier alpha value is -0.970. The predicted molar refractivity (Wildman–Crippen MR) is 67.3 cm³/mol. The van der Waals surface area contributed by atoms with Gasteiger partial charge in [0.15, 0.2) is 0 Å². The van der Waals surface area contributed by atoms with Crippen LogP contribution in [0.15, 0.2) is 0 Å². The lowest BCUT2D eigenvalue weighted by Gasteiger charge is -2.29. The van der Waals surface area contributed by atoms with E-state index in [1.165, 1.54) is 0 Å². The summed E-state index contributed by atoms with van der Waals surface area (Å²) in [6.07, 6.45) is 0.0410. The molecule has 0 aliphatic rings. The van der Waals surface area contributed by atoms with Gasteiger partial charge in [-0.15, -0.1) is 11.6 Å². The second kappa shape index (κ2) is 7.37.